The summed E-state index contributed by atoms with van der Waals surface area (Å²) in [5.74, 6) is -0.576. The molecule has 0 bridgehead atoms. The Labute approximate surface area is 99.0 Å². The Balaban J connectivity index is 2.30. The highest BCUT2D eigenvalue weighted by molar-refractivity contribution is 5.87. The Bertz CT molecular complexity index is 425. The van der Waals surface area contributed by atoms with Crippen LogP contribution in [0.25, 0.3) is 0 Å². The number of nitrogens with zero attached hydrogens (tertiary/aromatic N) is 1. The molecule has 0 aromatic heterocycles. The van der Waals surface area contributed by atoms with E-state index in [4.69, 9.17) is 0 Å². The number of hydrogen-bond acceptors (Lipinski definition) is 3. The zero-order chi connectivity index (χ0) is 12.4. The molecule has 2 N–H and O–H groups in total. The van der Waals surface area contributed by atoms with Gasteiger partial charge in [-0.15, -0.1) is 0 Å². The molecule has 0 saturated carbocycles. The minimum Gasteiger partial charge on any atom is -0.394 e. The van der Waals surface area contributed by atoms with Gasteiger partial charge in [0.2, 0.25) is 5.91 Å². The molecule has 17 heavy (non-hydrogen) atoms. The molecule has 0 spiro atoms. The van der Waals surface area contributed by atoms with Crippen LogP contribution in [-0.4, -0.2) is 36.2 Å². The molecule has 1 fully saturated rings. The van der Waals surface area contributed by atoms with Crippen molar-refractivity contribution < 1.29 is 14.3 Å². The molecule has 1 aliphatic heterocycles. The first-order chi connectivity index (χ1) is 8.11. The molecule has 2 atom stereocenters. The molecule has 1 amide bonds. The zero-order valence-electron chi connectivity index (χ0n) is 9.56. The Morgan fingerprint density at radius 1 is 1.59 bits per heavy atom. The molecule has 2 rings (SSSR count). The second-order valence-electron chi connectivity index (χ2n) is 4.24. The van der Waals surface area contributed by atoms with Crippen LogP contribution in [0.2, 0.25) is 0 Å². The molecule has 92 valence electrons. The van der Waals surface area contributed by atoms with Crippen LogP contribution >= 0.6 is 0 Å². The van der Waals surface area contributed by atoms with Crippen molar-refractivity contribution >= 4 is 11.6 Å². The first-order valence-corrected chi connectivity index (χ1v) is 5.55. The molecule has 1 aromatic carbocycles. The molecule has 2 unspecified atom stereocenters. The van der Waals surface area contributed by atoms with Crippen LogP contribution in [0, 0.1) is 5.82 Å². The Morgan fingerprint density at radius 2 is 2.35 bits per heavy atom. The van der Waals surface area contributed by atoms with Gasteiger partial charge in [-0.05, 0) is 25.1 Å². The van der Waals surface area contributed by atoms with Gasteiger partial charge in [-0.2, -0.15) is 0 Å². The number of aliphatic hydroxyl groups excluding tert-OH is 1. The van der Waals surface area contributed by atoms with Gasteiger partial charge in [0.05, 0.1) is 6.61 Å². The van der Waals surface area contributed by atoms with Gasteiger partial charge in [0.15, 0.2) is 0 Å². The maximum absolute atomic E-state index is 13.2. The second kappa shape index (κ2) is 4.71. The summed E-state index contributed by atoms with van der Waals surface area (Å²) in [6.45, 7) is 2.15. The molecule has 0 aliphatic carbocycles. The predicted molar refractivity (Wildman–Crippen MR) is 62.2 cm³/mol. The molecule has 5 heteroatoms. The van der Waals surface area contributed by atoms with E-state index in [1.807, 2.05) is 6.92 Å². The lowest BCUT2D eigenvalue weighted by Gasteiger charge is -2.39. The van der Waals surface area contributed by atoms with Crippen LogP contribution in [0.15, 0.2) is 24.3 Å². The second-order valence-corrected chi connectivity index (χ2v) is 4.24. The number of carbonyl (C=O) groups excluding carboxylic acids is 1. The van der Waals surface area contributed by atoms with Crippen LogP contribution in [0.1, 0.15) is 6.92 Å². The summed E-state index contributed by atoms with van der Waals surface area (Å²) in [6.07, 6.45) is 0. The molecule has 1 heterocycles. The molecular weight excluding hydrogens is 223 g/mol. The summed E-state index contributed by atoms with van der Waals surface area (Å²) in [5, 5.41) is 12.0. The quantitative estimate of drug-likeness (QED) is 0.789. The van der Waals surface area contributed by atoms with E-state index in [1.54, 1.807) is 17.0 Å². The van der Waals surface area contributed by atoms with E-state index in [-0.39, 0.29) is 24.4 Å². The average molecular weight is 238 g/mol. The number of anilines is 1. The lowest BCUT2D eigenvalue weighted by molar-refractivity contribution is -0.125. The van der Waals surface area contributed by atoms with E-state index in [9.17, 15) is 14.3 Å². The van der Waals surface area contributed by atoms with Crippen LogP contribution in [0.4, 0.5) is 10.1 Å². The third kappa shape index (κ3) is 2.39. The summed E-state index contributed by atoms with van der Waals surface area (Å²) in [7, 11) is 0. The van der Waals surface area contributed by atoms with Gasteiger partial charge >= 0.3 is 0 Å². The van der Waals surface area contributed by atoms with E-state index in [0.717, 1.165) is 0 Å². The molecule has 1 aliphatic rings. The van der Waals surface area contributed by atoms with E-state index >= 15 is 0 Å². The predicted octanol–water partition coefficient (Wildman–Crippen LogP) is 0.511. The monoisotopic (exact) mass is 238 g/mol. The van der Waals surface area contributed by atoms with Crippen LogP contribution in [0.5, 0.6) is 0 Å². The van der Waals surface area contributed by atoms with Crippen molar-refractivity contribution in [3.63, 3.8) is 0 Å². The van der Waals surface area contributed by atoms with Crippen molar-refractivity contribution in [3.8, 4) is 0 Å². The van der Waals surface area contributed by atoms with Gasteiger partial charge in [0, 0.05) is 18.3 Å². The number of rotatable bonds is 2. The molecule has 1 aromatic rings. The van der Waals surface area contributed by atoms with Gasteiger partial charge in [-0.1, -0.05) is 6.07 Å². The summed E-state index contributed by atoms with van der Waals surface area (Å²) in [5.41, 5.74) is 0.616. The van der Waals surface area contributed by atoms with Gasteiger partial charge in [-0.3, -0.25) is 4.79 Å². The standard InChI is InChI=1S/C12H15FN2O2/c1-8-6-15(11(7-16)12(17)14-8)10-4-2-3-9(13)5-10/h2-5,8,11,16H,6-7H2,1H3,(H,14,17). The number of nitrogens with one attached hydrogen (secondary N) is 1. The van der Waals surface area contributed by atoms with Gasteiger partial charge < -0.3 is 15.3 Å². The highest BCUT2D eigenvalue weighted by atomic mass is 19.1. The minimum absolute atomic E-state index is 0.0198. The lowest BCUT2D eigenvalue weighted by atomic mass is 10.1. The highest BCUT2D eigenvalue weighted by Gasteiger charge is 2.32. The normalized spacial score (nSPS) is 24.6. The number of hydrogen-bond donors (Lipinski definition) is 2. The zero-order valence-corrected chi connectivity index (χ0v) is 9.56. The summed E-state index contributed by atoms with van der Waals surface area (Å²) < 4.78 is 13.2. The summed E-state index contributed by atoms with van der Waals surface area (Å²) in [4.78, 5) is 13.4. The SMILES string of the molecule is CC1CN(c2cccc(F)c2)C(CO)C(=O)N1. The smallest absolute Gasteiger partial charge is 0.245 e. The van der Waals surface area contributed by atoms with E-state index in [1.165, 1.54) is 12.1 Å². The average Bonchev–Trinajstić information content (AvgIpc) is 2.28. The fourth-order valence-corrected chi connectivity index (χ4v) is 2.07. The van der Waals surface area contributed by atoms with E-state index in [2.05, 4.69) is 5.32 Å². The highest BCUT2D eigenvalue weighted by Crippen LogP contribution is 2.21. The van der Waals surface area contributed by atoms with Gasteiger partial charge in [0.1, 0.15) is 11.9 Å². The van der Waals surface area contributed by atoms with Crippen LogP contribution in [-0.2, 0) is 4.79 Å². The fraction of sp³-hybridized carbons (Fsp3) is 0.417. The molecular formula is C12H15FN2O2. The van der Waals surface area contributed by atoms with Crippen molar-refractivity contribution in [2.75, 3.05) is 18.1 Å². The topological polar surface area (TPSA) is 52.6 Å². The van der Waals surface area contributed by atoms with Crippen LogP contribution < -0.4 is 10.2 Å². The largest absolute Gasteiger partial charge is 0.394 e. The lowest BCUT2D eigenvalue weighted by Crippen LogP contribution is -2.60. The van der Waals surface area contributed by atoms with Crippen molar-refractivity contribution in [2.45, 2.75) is 19.0 Å². The fourth-order valence-electron chi connectivity index (χ4n) is 2.07. The maximum atomic E-state index is 13.2. The Kier molecular flexibility index (Phi) is 3.28. The third-order valence-corrected chi connectivity index (χ3v) is 2.85. The number of aliphatic hydroxyl groups is 1. The first-order valence-electron chi connectivity index (χ1n) is 5.55. The first kappa shape index (κ1) is 11.9. The number of piperazine rings is 1. The molecule has 4 nitrogen and oxygen atoms in total. The van der Waals surface area contributed by atoms with E-state index < -0.39 is 6.04 Å². The van der Waals surface area contributed by atoms with Crippen molar-refractivity contribution in [2.24, 2.45) is 0 Å². The number of amides is 1. The third-order valence-electron chi connectivity index (χ3n) is 2.85. The summed E-state index contributed by atoms with van der Waals surface area (Å²) >= 11 is 0. The molecule has 1 saturated heterocycles. The minimum atomic E-state index is -0.645. The van der Waals surface area contributed by atoms with Crippen molar-refractivity contribution in [1.29, 1.82) is 0 Å². The Hall–Kier alpha value is -1.62. The number of halogens is 1. The van der Waals surface area contributed by atoms with Crippen molar-refractivity contribution in [1.82, 2.24) is 5.32 Å². The summed E-state index contributed by atoms with van der Waals surface area (Å²) in [6, 6.07) is 5.38. The molecule has 0 radical (unpaired) electrons. The Morgan fingerprint density at radius 3 is 3.00 bits per heavy atom. The number of carbonyl (C=O) groups is 1. The van der Waals surface area contributed by atoms with E-state index in [0.29, 0.717) is 12.2 Å². The van der Waals surface area contributed by atoms with Gasteiger partial charge in [0.25, 0.3) is 0 Å². The van der Waals surface area contributed by atoms with Crippen molar-refractivity contribution in [3.05, 3.63) is 30.1 Å². The van der Waals surface area contributed by atoms with Gasteiger partial charge in [-0.25, -0.2) is 4.39 Å². The maximum Gasteiger partial charge on any atom is 0.245 e. The number of benzene rings is 1. The van der Waals surface area contributed by atoms with Crippen LogP contribution in [0.3, 0.4) is 0 Å².